The molecule has 0 bridgehead atoms. The number of ether oxygens (including phenoxy) is 3. The van der Waals surface area contributed by atoms with Crippen LogP contribution in [0.1, 0.15) is 26.1 Å². The summed E-state index contributed by atoms with van der Waals surface area (Å²) in [5.74, 6) is -3.15. The van der Waals surface area contributed by atoms with Gasteiger partial charge in [-0.3, -0.25) is 14.9 Å². The van der Waals surface area contributed by atoms with E-state index in [1.54, 1.807) is 9.80 Å². The van der Waals surface area contributed by atoms with Crippen molar-refractivity contribution in [3.63, 3.8) is 0 Å². The van der Waals surface area contributed by atoms with E-state index in [1.807, 2.05) is 0 Å². The van der Waals surface area contributed by atoms with Crippen molar-refractivity contribution >= 4 is 27.5 Å². The van der Waals surface area contributed by atoms with Crippen LogP contribution in [-0.2, 0) is 4.74 Å². The molecule has 5 atom stereocenters. The fourth-order valence-corrected chi connectivity index (χ4v) is 7.05. The van der Waals surface area contributed by atoms with Crippen molar-refractivity contribution in [2.45, 2.75) is 43.2 Å². The maximum atomic E-state index is 16.9. The Morgan fingerprint density at radius 2 is 2.09 bits per heavy atom. The van der Waals surface area contributed by atoms with Crippen molar-refractivity contribution in [1.82, 2.24) is 24.8 Å². The van der Waals surface area contributed by atoms with Gasteiger partial charge in [0.15, 0.2) is 17.4 Å². The van der Waals surface area contributed by atoms with E-state index < -0.39 is 72.5 Å². The van der Waals surface area contributed by atoms with Crippen molar-refractivity contribution in [2.75, 3.05) is 51.3 Å². The van der Waals surface area contributed by atoms with Crippen molar-refractivity contribution in [1.29, 1.82) is 0 Å². The van der Waals surface area contributed by atoms with Gasteiger partial charge in [-0.2, -0.15) is 9.97 Å². The average molecular weight is 616 g/mol. The summed E-state index contributed by atoms with van der Waals surface area (Å²) in [7, 11) is -3.04. The largest absolute Gasteiger partial charge is 0.493 e. The fraction of sp³-hybridized carbons (Fsp3) is 0.484. The standard InChI is InChI=1S/C31H30F4N6O3/c1-42-28-21(33)4-3-16-10-36-11-18(22(16)28)25-24(35)26-19(12-37-25)29(41-7-8-43-14-20-23(34)27(20)41)39-30(38-26)44-15-31-5-2-6-40(31)13-17(32)9-31/h3-4,10-12,17,20,23,27H,2,5-9,13-15H2,1H3/t17-,20+,23+,27+,31+/m1/s1/i1D3,15D2. The summed E-state index contributed by atoms with van der Waals surface area (Å²) in [5.41, 5.74) is -2.18. The van der Waals surface area contributed by atoms with Gasteiger partial charge in [-0.25, -0.2) is 17.6 Å². The van der Waals surface area contributed by atoms with Crippen LogP contribution in [-0.4, -0.2) is 95.2 Å². The van der Waals surface area contributed by atoms with E-state index in [9.17, 15) is 8.78 Å². The molecule has 0 radical (unpaired) electrons. The average Bonchev–Trinajstić information content (AvgIpc) is 3.40. The highest BCUT2D eigenvalue weighted by Gasteiger charge is 2.56. The summed E-state index contributed by atoms with van der Waals surface area (Å²) >= 11 is 0. The van der Waals surface area contributed by atoms with E-state index in [1.165, 1.54) is 24.7 Å². The summed E-state index contributed by atoms with van der Waals surface area (Å²) < 4.78 is 119. The minimum atomic E-state index is -3.04. The summed E-state index contributed by atoms with van der Waals surface area (Å²) in [4.78, 5) is 20.6. The van der Waals surface area contributed by atoms with E-state index in [2.05, 4.69) is 19.9 Å². The second kappa shape index (κ2) is 10.4. The van der Waals surface area contributed by atoms with Gasteiger partial charge in [0.2, 0.25) is 0 Å². The number of anilines is 1. The molecule has 230 valence electrons. The number of hydrogen-bond donors (Lipinski definition) is 0. The first-order valence-corrected chi connectivity index (χ1v) is 14.5. The molecule has 4 fully saturated rings. The molecule has 3 saturated heterocycles. The number of alkyl halides is 2. The van der Waals surface area contributed by atoms with Crippen LogP contribution in [0.4, 0.5) is 23.4 Å². The number of aromatic nitrogens is 4. The Hall–Kier alpha value is -3.84. The van der Waals surface area contributed by atoms with Crippen LogP contribution < -0.4 is 14.4 Å². The van der Waals surface area contributed by atoms with Crippen molar-refractivity contribution in [2.24, 2.45) is 5.92 Å². The lowest BCUT2D eigenvalue weighted by Gasteiger charge is -2.31. The van der Waals surface area contributed by atoms with Crippen LogP contribution in [0, 0.1) is 17.6 Å². The van der Waals surface area contributed by atoms with Gasteiger partial charge in [-0.05, 0) is 31.5 Å². The highest BCUT2D eigenvalue weighted by atomic mass is 19.1. The molecule has 8 rings (SSSR count). The fourth-order valence-electron chi connectivity index (χ4n) is 7.05. The topological polar surface area (TPSA) is 85.7 Å². The molecular formula is C31H30F4N6O3. The van der Waals surface area contributed by atoms with Crippen LogP contribution in [0.3, 0.4) is 0 Å². The third kappa shape index (κ3) is 4.26. The highest BCUT2D eigenvalue weighted by molar-refractivity contribution is 6.01. The minimum absolute atomic E-state index is 0.0403. The Kier molecular flexibility index (Phi) is 5.33. The molecule has 1 saturated carbocycles. The molecule has 3 aliphatic heterocycles. The molecule has 0 spiro atoms. The van der Waals surface area contributed by atoms with Gasteiger partial charge < -0.3 is 19.1 Å². The quantitative estimate of drug-likeness (QED) is 0.288. The SMILES string of the molecule is [2H]C([2H])([2H])Oc1c(F)ccc2cncc(-c3ncc4c(N5CCOC[C@H]6[C@H](F)[C@H]65)nc(OC([2H])([2H])[C@@]56CCCN5C[C@H](F)C6)nc4c3F)c12. The van der Waals surface area contributed by atoms with Crippen molar-refractivity contribution in [3.8, 4) is 23.0 Å². The number of pyridine rings is 2. The van der Waals surface area contributed by atoms with Crippen molar-refractivity contribution in [3.05, 3.63) is 42.4 Å². The molecule has 4 aromatic rings. The summed E-state index contributed by atoms with van der Waals surface area (Å²) in [6.45, 7) is -1.40. The van der Waals surface area contributed by atoms with Gasteiger partial charge >= 0.3 is 6.01 Å². The zero-order valence-corrected chi connectivity index (χ0v) is 23.3. The number of hydrogen-bond acceptors (Lipinski definition) is 9. The molecule has 4 aliphatic rings. The van der Waals surface area contributed by atoms with Crippen LogP contribution in [0.15, 0.2) is 30.7 Å². The number of halogens is 4. The second-order valence-electron chi connectivity index (χ2n) is 11.7. The lowest BCUT2D eigenvalue weighted by molar-refractivity contribution is 0.107. The van der Waals surface area contributed by atoms with E-state index in [0.29, 0.717) is 19.4 Å². The highest BCUT2D eigenvalue weighted by Crippen LogP contribution is 2.46. The first kappa shape index (κ1) is 22.6. The molecule has 3 aromatic heterocycles. The molecule has 0 N–H and O–H groups in total. The summed E-state index contributed by atoms with van der Waals surface area (Å²) in [6.07, 6.45) is 2.10. The van der Waals surface area contributed by atoms with Gasteiger partial charge in [-0.15, -0.1) is 0 Å². The zero-order valence-electron chi connectivity index (χ0n) is 28.3. The molecule has 13 heteroatoms. The smallest absolute Gasteiger partial charge is 0.319 e. The third-order valence-corrected chi connectivity index (χ3v) is 9.21. The summed E-state index contributed by atoms with van der Waals surface area (Å²) in [5, 5.41) is 0.186. The van der Waals surface area contributed by atoms with Crippen molar-refractivity contribution < 1.29 is 38.6 Å². The third-order valence-electron chi connectivity index (χ3n) is 9.21. The monoisotopic (exact) mass is 615 g/mol. The number of benzene rings is 1. The van der Waals surface area contributed by atoms with E-state index in [4.69, 9.17) is 21.1 Å². The number of fused-ring (bicyclic) bond motifs is 4. The Morgan fingerprint density at radius 1 is 1.18 bits per heavy atom. The molecule has 1 aromatic carbocycles. The van der Waals surface area contributed by atoms with Crippen LogP contribution in [0.5, 0.6) is 11.8 Å². The molecule has 44 heavy (non-hydrogen) atoms. The van der Waals surface area contributed by atoms with Gasteiger partial charge in [-0.1, -0.05) is 0 Å². The summed E-state index contributed by atoms with van der Waals surface area (Å²) in [6, 6.07) is 1.13. The maximum absolute atomic E-state index is 16.9. The Bertz CT molecular complexity index is 1980. The molecule has 1 aliphatic carbocycles. The molecule has 0 unspecified atom stereocenters. The van der Waals surface area contributed by atoms with Gasteiger partial charge in [0, 0.05) is 60.4 Å². The molecule has 0 amide bonds. The molecular weight excluding hydrogens is 580 g/mol. The zero-order chi connectivity index (χ0) is 34.5. The maximum Gasteiger partial charge on any atom is 0.319 e. The van der Waals surface area contributed by atoms with Gasteiger partial charge in [0.25, 0.3) is 0 Å². The Morgan fingerprint density at radius 3 is 2.98 bits per heavy atom. The number of methoxy groups -OCH3 is 1. The molecule has 9 nitrogen and oxygen atoms in total. The van der Waals surface area contributed by atoms with Crippen LogP contribution >= 0.6 is 0 Å². The lowest BCUT2D eigenvalue weighted by atomic mass is 9.95. The second-order valence-corrected chi connectivity index (χ2v) is 11.7. The Labute approximate surface area is 257 Å². The Balaban J connectivity index is 1.31. The van der Waals surface area contributed by atoms with E-state index >= 15 is 8.78 Å². The molecule has 6 heterocycles. The van der Waals surface area contributed by atoms with E-state index in [-0.39, 0.29) is 65.8 Å². The first-order chi connectivity index (χ1) is 23.3. The predicted molar refractivity (Wildman–Crippen MR) is 153 cm³/mol. The van der Waals surface area contributed by atoms with Gasteiger partial charge in [0.05, 0.1) is 44.1 Å². The lowest BCUT2D eigenvalue weighted by Crippen LogP contribution is -2.43. The number of rotatable bonds is 6. The van der Waals surface area contributed by atoms with Crippen LogP contribution in [0.25, 0.3) is 32.9 Å². The van der Waals surface area contributed by atoms with E-state index in [0.717, 1.165) is 6.07 Å². The number of nitrogens with zero attached hydrogens (tertiary/aromatic N) is 6. The predicted octanol–water partition coefficient (Wildman–Crippen LogP) is 4.66. The first-order valence-electron chi connectivity index (χ1n) is 17.0. The van der Waals surface area contributed by atoms with Crippen LogP contribution in [0.2, 0.25) is 0 Å². The normalized spacial score (nSPS) is 30.5. The van der Waals surface area contributed by atoms with Gasteiger partial charge in [0.1, 0.15) is 35.9 Å². The minimum Gasteiger partial charge on any atom is -0.493 e.